The zero-order valence-corrected chi connectivity index (χ0v) is 11.8. The van der Waals surface area contributed by atoms with Gasteiger partial charge in [0, 0.05) is 18.0 Å². The second-order valence-electron chi connectivity index (χ2n) is 4.95. The van der Waals surface area contributed by atoms with E-state index in [1.54, 1.807) is 13.0 Å². The SMILES string of the molecule is COC(=O)C1=C(C)NC(=O)CC1c1ccc2c(c1)OCO2. The summed E-state index contributed by atoms with van der Waals surface area (Å²) >= 11 is 0. The molecule has 3 rings (SSSR count). The van der Waals surface area contributed by atoms with E-state index in [0.29, 0.717) is 22.8 Å². The van der Waals surface area contributed by atoms with Crippen molar-refractivity contribution in [2.24, 2.45) is 0 Å². The molecule has 21 heavy (non-hydrogen) atoms. The van der Waals surface area contributed by atoms with Crippen molar-refractivity contribution >= 4 is 11.9 Å². The number of carbonyl (C=O) groups is 2. The third kappa shape index (κ3) is 2.33. The second-order valence-corrected chi connectivity index (χ2v) is 4.95. The largest absolute Gasteiger partial charge is 0.466 e. The van der Waals surface area contributed by atoms with E-state index in [2.05, 4.69) is 5.32 Å². The Labute approximate surface area is 121 Å². The molecule has 6 heteroatoms. The standard InChI is InChI=1S/C15H15NO5/c1-8-14(15(18)19-2)10(6-13(17)16-8)9-3-4-11-12(5-9)21-7-20-11/h3-5,10H,6-7H2,1-2H3,(H,16,17). The second kappa shape index (κ2) is 5.12. The summed E-state index contributed by atoms with van der Waals surface area (Å²) in [7, 11) is 1.33. The van der Waals surface area contributed by atoms with Gasteiger partial charge in [0.25, 0.3) is 0 Å². The number of nitrogens with one attached hydrogen (secondary N) is 1. The molecule has 110 valence electrons. The molecule has 0 bridgehead atoms. The van der Waals surface area contributed by atoms with Gasteiger partial charge in [0.2, 0.25) is 12.7 Å². The molecule has 2 heterocycles. The first-order valence-corrected chi connectivity index (χ1v) is 6.58. The van der Waals surface area contributed by atoms with Crippen molar-refractivity contribution < 1.29 is 23.8 Å². The van der Waals surface area contributed by atoms with Crippen molar-refractivity contribution in [1.82, 2.24) is 5.32 Å². The predicted octanol–water partition coefficient (Wildman–Crippen LogP) is 1.47. The van der Waals surface area contributed by atoms with Crippen LogP contribution in [0, 0.1) is 0 Å². The van der Waals surface area contributed by atoms with Crippen LogP contribution >= 0.6 is 0 Å². The van der Waals surface area contributed by atoms with Gasteiger partial charge in [0.05, 0.1) is 12.7 Å². The molecule has 0 aliphatic carbocycles. The Balaban J connectivity index is 2.04. The molecule has 1 atom stereocenters. The normalized spacial score (nSPS) is 20.3. The first kappa shape index (κ1) is 13.5. The Bertz CT molecular complexity index is 649. The zero-order valence-electron chi connectivity index (χ0n) is 11.8. The number of allylic oxidation sites excluding steroid dienone is 1. The maximum atomic E-state index is 12.0. The fourth-order valence-corrected chi connectivity index (χ4v) is 2.70. The molecule has 0 aromatic heterocycles. The van der Waals surface area contributed by atoms with Crippen molar-refractivity contribution in [3.63, 3.8) is 0 Å². The van der Waals surface area contributed by atoms with Crippen LogP contribution in [0.2, 0.25) is 0 Å². The number of methoxy groups -OCH3 is 1. The Morgan fingerprint density at radius 2 is 2.10 bits per heavy atom. The molecular formula is C15H15NO5. The molecule has 1 amide bonds. The van der Waals surface area contributed by atoms with E-state index < -0.39 is 5.97 Å². The highest BCUT2D eigenvalue weighted by Crippen LogP contribution is 2.39. The molecule has 2 aliphatic rings. The summed E-state index contributed by atoms with van der Waals surface area (Å²) in [6.45, 7) is 1.88. The lowest BCUT2D eigenvalue weighted by molar-refractivity contribution is -0.136. The monoisotopic (exact) mass is 289 g/mol. The fourth-order valence-electron chi connectivity index (χ4n) is 2.70. The van der Waals surface area contributed by atoms with Crippen LogP contribution in [0.15, 0.2) is 29.5 Å². The summed E-state index contributed by atoms with van der Waals surface area (Å²) in [5.41, 5.74) is 1.82. The molecule has 0 saturated carbocycles. The van der Waals surface area contributed by atoms with Gasteiger partial charge >= 0.3 is 5.97 Å². The number of carbonyl (C=O) groups excluding carboxylic acids is 2. The summed E-state index contributed by atoms with van der Waals surface area (Å²) < 4.78 is 15.5. The number of ether oxygens (including phenoxy) is 3. The summed E-state index contributed by atoms with van der Waals surface area (Å²) in [6, 6.07) is 5.43. The van der Waals surface area contributed by atoms with E-state index in [-0.39, 0.29) is 25.0 Å². The van der Waals surface area contributed by atoms with Crippen LogP contribution in [0.4, 0.5) is 0 Å². The predicted molar refractivity (Wildman–Crippen MR) is 72.8 cm³/mol. The Hall–Kier alpha value is -2.50. The van der Waals surface area contributed by atoms with Gasteiger partial charge in [-0.2, -0.15) is 0 Å². The van der Waals surface area contributed by atoms with Crippen LogP contribution < -0.4 is 14.8 Å². The highest BCUT2D eigenvalue weighted by molar-refractivity contribution is 5.95. The number of fused-ring (bicyclic) bond motifs is 1. The van der Waals surface area contributed by atoms with Crippen LogP contribution in [0.5, 0.6) is 11.5 Å². The van der Waals surface area contributed by atoms with Crippen LogP contribution in [0.3, 0.4) is 0 Å². The number of hydrogen-bond donors (Lipinski definition) is 1. The first-order chi connectivity index (χ1) is 10.1. The number of rotatable bonds is 2. The van der Waals surface area contributed by atoms with Crippen molar-refractivity contribution in [3.8, 4) is 11.5 Å². The average molecular weight is 289 g/mol. The van der Waals surface area contributed by atoms with Gasteiger partial charge in [0.1, 0.15) is 0 Å². The van der Waals surface area contributed by atoms with Gasteiger partial charge in [-0.25, -0.2) is 4.79 Å². The van der Waals surface area contributed by atoms with E-state index in [4.69, 9.17) is 14.2 Å². The van der Waals surface area contributed by atoms with E-state index in [9.17, 15) is 9.59 Å². The lowest BCUT2D eigenvalue weighted by Gasteiger charge is -2.26. The Kier molecular flexibility index (Phi) is 3.29. The summed E-state index contributed by atoms with van der Waals surface area (Å²) in [5.74, 6) is 0.387. The molecule has 0 saturated heterocycles. The lowest BCUT2D eigenvalue weighted by atomic mass is 9.84. The van der Waals surface area contributed by atoms with Crippen LogP contribution in [0.25, 0.3) is 0 Å². The van der Waals surface area contributed by atoms with Crippen molar-refractivity contribution in [3.05, 3.63) is 35.0 Å². The third-order valence-corrected chi connectivity index (χ3v) is 3.67. The summed E-state index contributed by atoms with van der Waals surface area (Å²) in [4.78, 5) is 23.8. The van der Waals surface area contributed by atoms with Crippen molar-refractivity contribution in [1.29, 1.82) is 0 Å². The highest BCUT2D eigenvalue weighted by Gasteiger charge is 2.33. The minimum atomic E-state index is -0.435. The molecule has 1 N–H and O–H groups in total. The summed E-state index contributed by atoms with van der Waals surface area (Å²) in [6.07, 6.45) is 0.196. The maximum Gasteiger partial charge on any atom is 0.336 e. The van der Waals surface area contributed by atoms with Crippen molar-refractivity contribution in [2.75, 3.05) is 13.9 Å². The van der Waals surface area contributed by atoms with Gasteiger partial charge in [-0.3, -0.25) is 4.79 Å². The number of esters is 1. The molecule has 1 unspecified atom stereocenters. The maximum absolute atomic E-state index is 12.0. The lowest BCUT2D eigenvalue weighted by Crippen LogP contribution is -2.34. The minimum absolute atomic E-state index is 0.122. The molecule has 1 aromatic carbocycles. The fraction of sp³-hybridized carbons (Fsp3) is 0.333. The number of hydrogen-bond acceptors (Lipinski definition) is 5. The van der Waals surface area contributed by atoms with E-state index in [1.165, 1.54) is 7.11 Å². The van der Waals surface area contributed by atoms with Gasteiger partial charge in [-0.15, -0.1) is 0 Å². The summed E-state index contributed by atoms with van der Waals surface area (Å²) in [5, 5.41) is 2.68. The smallest absolute Gasteiger partial charge is 0.336 e. The molecule has 0 radical (unpaired) electrons. The molecule has 6 nitrogen and oxygen atoms in total. The zero-order chi connectivity index (χ0) is 15.0. The van der Waals surface area contributed by atoms with Gasteiger partial charge in [-0.05, 0) is 24.6 Å². The molecule has 2 aliphatic heterocycles. The Morgan fingerprint density at radius 3 is 2.86 bits per heavy atom. The highest BCUT2D eigenvalue weighted by atomic mass is 16.7. The van der Waals surface area contributed by atoms with Crippen LogP contribution in [-0.2, 0) is 14.3 Å². The first-order valence-electron chi connectivity index (χ1n) is 6.58. The molecule has 0 fully saturated rings. The van der Waals surface area contributed by atoms with E-state index in [1.807, 2.05) is 12.1 Å². The molecule has 1 aromatic rings. The number of amides is 1. The average Bonchev–Trinajstić information content (AvgIpc) is 2.93. The van der Waals surface area contributed by atoms with Gasteiger partial charge < -0.3 is 19.5 Å². The molecular weight excluding hydrogens is 274 g/mol. The quantitative estimate of drug-likeness (QED) is 0.834. The number of benzene rings is 1. The van der Waals surface area contributed by atoms with Crippen molar-refractivity contribution in [2.45, 2.75) is 19.3 Å². The Morgan fingerprint density at radius 1 is 1.33 bits per heavy atom. The van der Waals surface area contributed by atoms with E-state index in [0.717, 1.165) is 5.56 Å². The third-order valence-electron chi connectivity index (χ3n) is 3.67. The van der Waals surface area contributed by atoms with E-state index >= 15 is 0 Å². The van der Waals surface area contributed by atoms with Gasteiger partial charge in [-0.1, -0.05) is 6.07 Å². The van der Waals surface area contributed by atoms with Crippen LogP contribution in [0.1, 0.15) is 24.8 Å². The van der Waals surface area contributed by atoms with Gasteiger partial charge in [0.15, 0.2) is 11.5 Å². The topological polar surface area (TPSA) is 73.9 Å². The van der Waals surface area contributed by atoms with Crippen LogP contribution in [-0.4, -0.2) is 25.8 Å². The minimum Gasteiger partial charge on any atom is -0.466 e. The molecule has 0 spiro atoms.